The third-order valence-electron chi connectivity index (χ3n) is 5.89. The first-order valence-corrected chi connectivity index (χ1v) is 11.0. The largest absolute Gasteiger partial charge is 0.497 e. The monoisotopic (exact) mass is 464 g/mol. The number of piperazine rings is 1. The highest BCUT2D eigenvalue weighted by atomic mass is 16.5. The number of amides is 1. The smallest absolute Gasteiger partial charge is 0.267 e. The van der Waals surface area contributed by atoms with E-state index in [2.05, 4.69) is 10.00 Å². The lowest BCUT2D eigenvalue weighted by Gasteiger charge is -2.36. The summed E-state index contributed by atoms with van der Waals surface area (Å²) in [5.41, 5.74) is 1.86. The molecule has 1 saturated heterocycles. The van der Waals surface area contributed by atoms with E-state index in [0.717, 1.165) is 11.4 Å². The van der Waals surface area contributed by atoms with Gasteiger partial charge in [0.1, 0.15) is 23.8 Å². The molecular formula is C25H28N4O5. The molecule has 1 amide bonds. The van der Waals surface area contributed by atoms with Gasteiger partial charge in [-0.25, -0.2) is 4.68 Å². The zero-order valence-electron chi connectivity index (χ0n) is 19.6. The maximum Gasteiger partial charge on any atom is 0.267 e. The fourth-order valence-corrected chi connectivity index (χ4v) is 4.04. The number of anilines is 1. The molecule has 0 spiro atoms. The summed E-state index contributed by atoms with van der Waals surface area (Å²) >= 11 is 0. The quantitative estimate of drug-likeness (QED) is 0.530. The van der Waals surface area contributed by atoms with Crippen molar-refractivity contribution >= 4 is 11.6 Å². The molecule has 1 aromatic heterocycles. The van der Waals surface area contributed by atoms with E-state index >= 15 is 0 Å². The molecule has 0 atom stereocenters. The van der Waals surface area contributed by atoms with E-state index in [1.54, 1.807) is 50.5 Å². The Morgan fingerprint density at radius 2 is 1.62 bits per heavy atom. The lowest BCUT2D eigenvalue weighted by atomic mass is 10.1. The number of methoxy groups -OCH3 is 3. The Balaban J connectivity index is 1.48. The van der Waals surface area contributed by atoms with Gasteiger partial charge in [-0.2, -0.15) is 5.10 Å². The number of nitrogens with zero attached hydrogens (tertiary/aromatic N) is 4. The van der Waals surface area contributed by atoms with E-state index < -0.39 is 0 Å². The maximum absolute atomic E-state index is 13.0. The van der Waals surface area contributed by atoms with Crippen molar-refractivity contribution in [2.75, 3.05) is 52.4 Å². The number of carbonyl (C=O) groups is 1. The number of hydrogen-bond donors (Lipinski definition) is 0. The molecule has 0 aliphatic carbocycles. The van der Waals surface area contributed by atoms with Crippen LogP contribution in [0.1, 0.15) is 0 Å². The van der Waals surface area contributed by atoms with Gasteiger partial charge in [0.15, 0.2) is 0 Å². The molecule has 0 N–H and O–H groups in total. The van der Waals surface area contributed by atoms with Crippen LogP contribution < -0.4 is 24.7 Å². The first-order chi connectivity index (χ1) is 16.5. The van der Waals surface area contributed by atoms with Gasteiger partial charge >= 0.3 is 0 Å². The van der Waals surface area contributed by atoms with Crippen molar-refractivity contribution < 1.29 is 19.0 Å². The molecule has 2 heterocycles. The van der Waals surface area contributed by atoms with Crippen molar-refractivity contribution in [2.45, 2.75) is 6.54 Å². The van der Waals surface area contributed by atoms with Gasteiger partial charge in [-0.3, -0.25) is 9.59 Å². The molecule has 0 saturated carbocycles. The lowest BCUT2D eigenvalue weighted by molar-refractivity contribution is -0.132. The summed E-state index contributed by atoms with van der Waals surface area (Å²) in [5.74, 6) is 1.89. The standard InChI is InChI=1S/C25H28N4O5/c1-32-18-8-10-22(33-2)19(16-18)20-9-11-24(30)29(26-20)17-25(31)28-14-12-27(13-15-28)21-6-4-5-7-23(21)34-3/h4-11,16H,12-15,17H2,1-3H3. The number of aromatic nitrogens is 2. The normalized spacial score (nSPS) is 13.5. The Bertz CT molecular complexity index is 1220. The second-order valence-electron chi connectivity index (χ2n) is 7.82. The zero-order chi connectivity index (χ0) is 24.1. The molecule has 2 aromatic carbocycles. The summed E-state index contributed by atoms with van der Waals surface area (Å²) in [4.78, 5) is 29.4. The van der Waals surface area contributed by atoms with Crippen LogP contribution in [0, 0.1) is 0 Å². The number of rotatable bonds is 7. The summed E-state index contributed by atoms with van der Waals surface area (Å²) < 4.78 is 17.4. The third kappa shape index (κ3) is 4.83. The highest BCUT2D eigenvalue weighted by molar-refractivity contribution is 5.76. The third-order valence-corrected chi connectivity index (χ3v) is 5.89. The van der Waals surface area contributed by atoms with Crippen molar-refractivity contribution in [3.05, 3.63) is 65.0 Å². The molecule has 9 heteroatoms. The van der Waals surface area contributed by atoms with Gasteiger partial charge in [-0.05, 0) is 36.4 Å². The Kier molecular flexibility index (Phi) is 7.01. The van der Waals surface area contributed by atoms with Gasteiger partial charge in [0.2, 0.25) is 5.91 Å². The summed E-state index contributed by atoms with van der Waals surface area (Å²) in [6, 6.07) is 16.2. The lowest BCUT2D eigenvalue weighted by Crippen LogP contribution is -2.50. The van der Waals surface area contributed by atoms with E-state index in [4.69, 9.17) is 14.2 Å². The van der Waals surface area contributed by atoms with E-state index in [1.807, 2.05) is 24.3 Å². The summed E-state index contributed by atoms with van der Waals surface area (Å²) in [7, 11) is 4.79. The highest BCUT2D eigenvalue weighted by Crippen LogP contribution is 2.32. The second-order valence-corrected chi connectivity index (χ2v) is 7.82. The average molecular weight is 465 g/mol. The van der Waals surface area contributed by atoms with E-state index in [1.165, 1.54) is 10.7 Å². The number of ether oxygens (including phenoxy) is 3. The number of para-hydroxylation sites is 2. The van der Waals surface area contributed by atoms with Crippen molar-refractivity contribution in [1.82, 2.24) is 14.7 Å². The van der Waals surface area contributed by atoms with Gasteiger partial charge in [-0.1, -0.05) is 12.1 Å². The van der Waals surface area contributed by atoms with Crippen molar-refractivity contribution in [3.63, 3.8) is 0 Å². The van der Waals surface area contributed by atoms with Crippen molar-refractivity contribution in [3.8, 4) is 28.5 Å². The fourth-order valence-electron chi connectivity index (χ4n) is 4.04. The average Bonchev–Trinajstić information content (AvgIpc) is 2.89. The number of hydrogen-bond acceptors (Lipinski definition) is 7. The minimum absolute atomic E-state index is 0.131. The predicted molar refractivity (Wildman–Crippen MR) is 129 cm³/mol. The zero-order valence-corrected chi connectivity index (χ0v) is 19.6. The molecule has 4 rings (SSSR count). The van der Waals surface area contributed by atoms with E-state index in [9.17, 15) is 9.59 Å². The Morgan fingerprint density at radius 1 is 0.882 bits per heavy atom. The second kappa shape index (κ2) is 10.3. The SMILES string of the molecule is COc1ccc(OC)c(-c2ccc(=O)n(CC(=O)N3CCN(c4ccccc4OC)CC3)n2)c1. The van der Waals surface area contributed by atoms with Crippen LogP contribution in [0.25, 0.3) is 11.3 Å². The highest BCUT2D eigenvalue weighted by Gasteiger charge is 2.23. The number of carbonyl (C=O) groups excluding carboxylic acids is 1. The minimum atomic E-state index is -0.341. The van der Waals surface area contributed by atoms with E-state index in [0.29, 0.717) is 48.9 Å². The molecule has 3 aromatic rings. The molecule has 1 aliphatic heterocycles. The molecule has 178 valence electrons. The summed E-state index contributed by atoms with van der Waals surface area (Å²) in [6.07, 6.45) is 0. The fraction of sp³-hybridized carbons (Fsp3) is 0.320. The summed E-state index contributed by atoms with van der Waals surface area (Å²) in [5, 5.41) is 4.44. The molecule has 9 nitrogen and oxygen atoms in total. The van der Waals surface area contributed by atoms with Crippen LogP contribution in [-0.4, -0.2) is 68.1 Å². The van der Waals surface area contributed by atoms with Crippen molar-refractivity contribution in [1.29, 1.82) is 0 Å². The van der Waals surface area contributed by atoms with Gasteiger partial charge in [0, 0.05) is 37.8 Å². The van der Waals surface area contributed by atoms with Gasteiger partial charge in [0.25, 0.3) is 5.56 Å². The van der Waals surface area contributed by atoms with Crippen LogP contribution in [0.15, 0.2) is 59.4 Å². The van der Waals surface area contributed by atoms with E-state index in [-0.39, 0.29) is 18.0 Å². The first-order valence-electron chi connectivity index (χ1n) is 11.0. The minimum Gasteiger partial charge on any atom is -0.497 e. The molecule has 1 fully saturated rings. The van der Waals surface area contributed by atoms with Crippen LogP contribution in [0.4, 0.5) is 5.69 Å². The summed E-state index contributed by atoms with van der Waals surface area (Å²) in [6.45, 7) is 2.32. The first kappa shape index (κ1) is 23.2. The van der Waals surface area contributed by atoms with Crippen LogP contribution in [0.2, 0.25) is 0 Å². The predicted octanol–water partition coefficient (Wildman–Crippen LogP) is 2.28. The Morgan fingerprint density at radius 3 is 2.32 bits per heavy atom. The Hall–Kier alpha value is -4.01. The molecular weight excluding hydrogens is 436 g/mol. The van der Waals surface area contributed by atoms with Gasteiger partial charge < -0.3 is 24.0 Å². The van der Waals surface area contributed by atoms with Crippen molar-refractivity contribution in [2.24, 2.45) is 0 Å². The molecule has 0 bridgehead atoms. The van der Waals surface area contributed by atoms with Crippen LogP contribution in [0.3, 0.4) is 0 Å². The Labute approximate surface area is 198 Å². The topological polar surface area (TPSA) is 86.1 Å². The van der Waals surface area contributed by atoms with Crippen LogP contribution >= 0.6 is 0 Å². The maximum atomic E-state index is 13.0. The number of benzene rings is 2. The van der Waals surface area contributed by atoms with Gasteiger partial charge in [0.05, 0.1) is 32.7 Å². The van der Waals surface area contributed by atoms with Crippen LogP contribution in [-0.2, 0) is 11.3 Å². The molecule has 0 radical (unpaired) electrons. The molecule has 1 aliphatic rings. The van der Waals surface area contributed by atoms with Gasteiger partial charge in [-0.15, -0.1) is 0 Å². The molecule has 0 unspecified atom stereocenters. The molecule has 34 heavy (non-hydrogen) atoms. The van der Waals surface area contributed by atoms with Crippen LogP contribution in [0.5, 0.6) is 17.2 Å².